The number of aromatic nitrogens is 4. The number of anilines is 1. The van der Waals surface area contributed by atoms with E-state index in [1.807, 2.05) is 29.8 Å². The molecule has 1 fully saturated rings. The molecular formula is C27H26FN5O2. The Bertz CT molecular complexity index is 1430. The fraction of sp³-hybridized carbons (Fsp3) is 0.370. The van der Waals surface area contributed by atoms with Crippen molar-refractivity contribution in [3.05, 3.63) is 65.5 Å². The number of ether oxygens (including phenoxy) is 2. The van der Waals surface area contributed by atoms with Gasteiger partial charge in [0, 0.05) is 36.6 Å². The smallest absolute Gasteiger partial charge is 0.164 e. The van der Waals surface area contributed by atoms with Crippen LogP contribution in [0.1, 0.15) is 29.8 Å². The summed E-state index contributed by atoms with van der Waals surface area (Å²) in [6, 6.07) is 9.32. The normalized spacial score (nSPS) is 18.3. The Morgan fingerprint density at radius 3 is 2.60 bits per heavy atom. The van der Waals surface area contributed by atoms with Crippen LogP contribution in [0.15, 0.2) is 42.7 Å². The van der Waals surface area contributed by atoms with Crippen LogP contribution in [0.5, 0.6) is 11.5 Å². The van der Waals surface area contributed by atoms with E-state index in [4.69, 9.17) is 14.5 Å². The molecule has 0 atom stereocenters. The Kier molecular flexibility index (Phi) is 4.53. The largest absolute Gasteiger partial charge is 0.486 e. The Balaban J connectivity index is 1.22. The van der Waals surface area contributed by atoms with Gasteiger partial charge in [-0.1, -0.05) is 6.07 Å². The van der Waals surface area contributed by atoms with E-state index in [0.29, 0.717) is 41.4 Å². The van der Waals surface area contributed by atoms with Gasteiger partial charge in [0.2, 0.25) is 0 Å². The Labute approximate surface area is 202 Å². The molecule has 1 aliphatic carbocycles. The van der Waals surface area contributed by atoms with E-state index in [2.05, 4.69) is 21.0 Å². The number of halogens is 1. The van der Waals surface area contributed by atoms with Crippen molar-refractivity contribution < 1.29 is 13.9 Å². The van der Waals surface area contributed by atoms with Gasteiger partial charge in [-0.2, -0.15) is 5.10 Å². The molecule has 1 saturated heterocycles. The summed E-state index contributed by atoms with van der Waals surface area (Å²) in [7, 11) is 0. The Morgan fingerprint density at radius 1 is 1.00 bits per heavy atom. The summed E-state index contributed by atoms with van der Waals surface area (Å²) in [5.41, 5.74) is 5.62. The van der Waals surface area contributed by atoms with Crippen LogP contribution in [0.3, 0.4) is 0 Å². The quantitative estimate of drug-likeness (QED) is 0.432. The van der Waals surface area contributed by atoms with Gasteiger partial charge in [-0.25, -0.2) is 13.9 Å². The first-order chi connectivity index (χ1) is 17.1. The van der Waals surface area contributed by atoms with Gasteiger partial charge in [0.05, 0.1) is 17.6 Å². The summed E-state index contributed by atoms with van der Waals surface area (Å²) < 4.78 is 28.3. The minimum atomic E-state index is -0.377. The zero-order valence-corrected chi connectivity index (χ0v) is 19.6. The fourth-order valence-electron chi connectivity index (χ4n) is 6.02. The molecule has 0 unspecified atom stereocenters. The number of pyridine rings is 1. The molecule has 0 saturated carbocycles. The molecule has 178 valence electrons. The van der Waals surface area contributed by atoms with Gasteiger partial charge in [0.15, 0.2) is 17.3 Å². The van der Waals surface area contributed by atoms with E-state index in [1.165, 1.54) is 17.3 Å². The van der Waals surface area contributed by atoms with Crippen LogP contribution in [0, 0.1) is 18.2 Å². The fourth-order valence-corrected chi connectivity index (χ4v) is 6.02. The van der Waals surface area contributed by atoms with Crippen LogP contribution in [0.4, 0.5) is 10.2 Å². The standard InChI is InChI=1S/C27H26FN5O2/c1-17-25(19-13-23-24(14-20(19)28)35-12-11-34-23)33-22(4-8-30-33)26(31-17)32-9-5-27(6-10-32)15-18-3-2-7-29-21(18)16-27/h2-4,7-8,13-14H,5-6,9-12,15-16H2,1H3. The molecule has 2 aliphatic heterocycles. The molecule has 0 radical (unpaired) electrons. The zero-order valence-electron chi connectivity index (χ0n) is 19.6. The molecule has 7 rings (SSSR count). The summed E-state index contributed by atoms with van der Waals surface area (Å²) >= 11 is 0. The van der Waals surface area contributed by atoms with Crippen molar-refractivity contribution in [2.75, 3.05) is 31.2 Å². The molecule has 0 N–H and O–H groups in total. The van der Waals surface area contributed by atoms with Crippen molar-refractivity contribution in [1.29, 1.82) is 0 Å². The number of hydrogen-bond donors (Lipinski definition) is 0. The minimum Gasteiger partial charge on any atom is -0.486 e. The van der Waals surface area contributed by atoms with Crippen LogP contribution in [-0.2, 0) is 12.8 Å². The maximum atomic E-state index is 15.2. The molecule has 8 heteroatoms. The number of rotatable bonds is 2. The molecule has 5 heterocycles. The molecule has 0 bridgehead atoms. The number of hydrogen-bond acceptors (Lipinski definition) is 6. The van der Waals surface area contributed by atoms with E-state index in [9.17, 15) is 0 Å². The highest BCUT2D eigenvalue weighted by Gasteiger charge is 2.41. The summed E-state index contributed by atoms with van der Waals surface area (Å²) in [6.45, 7) is 4.64. The van der Waals surface area contributed by atoms with Crippen molar-refractivity contribution >= 4 is 11.3 Å². The van der Waals surface area contributed by atoms with Crippen LogP contribution >= 0.6 is 0 Å². The van der Waals surface area contributed by atoms with Gasteiger partial charge >= 0.3 is 0 Å². The number of nitrogens with zero attached hydrogens (tertiary/aromatic N) is 5. The van der Waals surface area contributed by atoms with Crippen molar-refractivity contribution in [1.82, 2.24) is 19.6 Å². The van der Waals surface area contributed by atoms with Crippen molar-refractivity contribution in [2.24, 2.45) is 5.41 Å². The lowest BCUT2D eigenvalue weighted by atomic mass is 9.76. The summed E-state index contributed by atoms with van der Waals surface area (Å²) in [6.07, 6.45) is 8.03. The van der Waals surface area contributed by atoms with Crippen molar-refractivity contribution in [3.8, 4) is 22.8 Å². The number of piperidine rings is 1. The second kappa shape index (κ2) is 7.66. The van der Waals surface area contributed by atoms with Gasteiger partial charge in [-0.3, -0.25) is 4.98 Å². The Hall–Kier alpha value is -3.68. The van der Waals surface area contributed by atoms with Crippen molar-refractivity contribution in [2.45, 2.75) is 32.6 Å². The number of aryl methyl sites for hydroxylation is 1. The first-order valence-corrected chi connectivity index (χ1v) is 12.2. The highest BCUT2D eigenvalue weighted by molar-refractivity contribution is 5.77. The predicted molar refractivity (Wildman–Crippen MR) is 130 cm³/mol. The molecule has 3 aliphatic rings. The molecule has 7 nitrogen and oxygen atoms in total. The lowest BCUT2D eigenvalue weighted by Crippen LogP contribution is -2.41. The van der Waals surface area contributed by atoms with Crippen LogP contribution in [-0.4, -0.2) is 45.9 Å². The van der Waals surface area contributed by atoms with E-state index in [-0.39, 0.29) is 5.82 Å². The average molecular weight is 472 g/mol. The van der Waals surface area contributed by atoms with Gasteiger partial charge in [-0.05, 0) is 61.8 Å². The van der Waals surface area contributed by atoms with Crippen LogP contribution in [0.2, 0.25) is 0 Å². The Morgan fingerprint density at radius 2 is 1.80 bits per heavy atom. The predicted octanol–water partition coefficient (Wildman–Crippen LogP) is 4.40. The minimum absolute atomic E-state index is 0.299. The molecular weight excluding hydrogens is 445 g/mol. The van der Waals surface area contributed by atoms with Gasteiger partial charge in [0.25, 0.3) is 0 Å². The third-order valence-corrected chi connectivity index (χ3v) is 7.80. The zero-order chi connectivity index (χ0) is 23.6. The van der Waals surface area contributed by atoms with E-state index in [0.717, 1.165) is 55.8 Å². The molecule has 1 aromatic carbocycles. The second-order valence-electron chi connectivity index (χ2n) is 9.92. The highest BCUT2D eigenvalue weighted by Crippen LogP contribution is 2.45. The molecule has 1 spiro atoms. The molecule has 35 heavy (non-hydrogen) atoms. The third kappa shape index (κ3) is 3.26. The SMILES string of the molecule is Cc1nc(N2CCC3(CC2)Cc2cccnc2C3)c2ccnn2c1-c1cc2c(cc1F)OCCO2. The van der Waals surface area contributed by atoms with Gasteiger partial charge < -0.3 is 14.4 Å². The van der Waals surface area contributed by atoms with E-state index in [1.54, 1.807) is 12.3 Å². The number of benzene rings is 1. The van der Waals surface area contributed by atoms with Crippen LogP contribution in [0.25, 0.3) is 16.8 Å². The first-order valence-electron chi connectivity index (χ1n) is 12.2. The molecule has 4 aromatic rings. The lowest BCUT2D eigenvalue weighted by molar-refractivity contribution is 0.171. The number of fused-ring (bicyclic) bond motifs is 3. The topological polar surface area (TPSA) is 64.8 Å². The van der Waals surface area contributed by atoms with Crippen LogP contribution < -0.4 is 14.4 Å². The second-order valence-corrected chi connectivity index (χ2v) is 9.92. The van der Waals surface area contributed by atoms with Crippen molar-refractivity contribution in [3.63, 3.8) is 0 Å². The summed E-state index contributed by atoms with van der Waals surface area (Å²) in [5.74, 6) is 1.51. The average Bonchev–Trinajstić information content (AvgIpc) is 3.49. The summed E-state index contributed by atoms with van der Waals surface area (Å²) in [5, 5.41) is 4.57. The van der Waals surface area contributed by atoms with E-state index >= 15 is 4.39 Å². The van der Waals surface area contributed by atoms with Gasteiger partial charge in [-0.15, -0.1) is 0 Å². The van der Waals surface area contributed by atoms with E-state index < -0.39 is 0 Å². The third-order valence-electron chi connectivity index (χ3n) is 7.80. The molecule has 3 aromatic heterocycles. The molecule has 0 amide bonds. The monoisotopic (exact) mass is 471 g/mol. The maximum Gasteiger partial charge on any atom is 0.164 e. The highest BCUT2D eigenvalue weighted by atomic mass is 19.1. The lowest BCUT2D eigenvalue weighted by Gasteiger charge is -2.40. The van der Waals surface area contributed by atoms with Gasteiger partial charge in [0.1, 0.15) is 24.5 Å². The maximum absolute atomic E-state index is 15.2. The first kappa shape index (κ1) is 20.7. The summed E-state index contributed by atoms with van der Waals surface area (Å²) in [4.78, 5) is 12.0.